The Kier molecular flexibility index (Phi) is 4.28. The van der Waals surface area contributed by atoms with Crippen molar-refractivity contribution in [2.75, 3.05) is 19.7 Å². The number of aromatic amines is 1. The van der Waals surface area contributed by atoms with Crippen molar-refractivity contribution in [2.24, 2.45) is 0 Å². The fourth-order valence-corrected chi connectivity index (χ4v) is 4.19. The van der Waals surface area contributed by atoms with E-state index in [1.54, 1.807) is 4.90 Å². The van der Waals surface area contributed by atoms with Crippen molar-refractivity contribution in [3.05, 3.63) is 76.0 Å². The van der Waals surface area contributed by atoms with Crippen LogP contribution in [-0.4, -0.2) is 50.5 Å². The third kappa shape index (κ3) is 3.15. The van der Waals surface area contributed by atoms with Crippen molar-refractivity contribution < 1.29 is 9.53 Å². The number of H-pyrrole nitrogens is 1. The Morgan fingerprint density at radius 2 is 1.90 bits per heavy atom. The number of carbonyl (C=O) groups excluding carboxylic acids is 1. The number of hydrogen-bond acceptors (Lipinski definition) is 5. The van der Waals surface area contributed by atoms with Crippen LogP contribution in [0.4, 0.5) is 0 Å². The quantitative estimate of drug-likeness (QED) is 0.717. The molecule has 8 nitrogen and oxygen atoms in total. The average Bonchev–Trinajstić information content (AvgIpc) is 3.21. The summed E-state index contributed by atoms with van der Waals surface area (Å²) in [7, 11) is 0. The molecule has 1 N–H and O–H groups in total. The summed E-state index contributed by atoms with van der Waals surface area (Å²) in [6, 6.07) is 12.8. The van der Waals surface area contributed by atoms with E-state index in [4.69, 9.17) is 9.84 Å². The van der Waals surface area contributed by atoms with Gasteiger partial charge in [-0.25, -0.2) is 9.78 Å². The molecule has 5 rings (SSSR count). The number of hydrogen-bond donors (Lipinski definition) is 1. The number of para-hydroxylation sites is 1. The van der Waals surface area contributed by atoms with Gasteiger partial charge in [-0.3, -0.25) is 9.59 Å². The molecule has 0 radical (unpaired) electrons. The average molecular weight is 391 g/mol. The maximum atomic E-state index is 12.7. The summed E-state index contributed by atoms with van der Waals surface area (Å²) in [5.41, 5.74) is 2.69. The Balaban J connectivity index is 1.37. The van der Waals surface area contributed by atoms with Crippen LogP contribution in [0, 0.1) is 0 Å². The van der Waals surface area contributed by atoms with Crippen LogP contribution in [-0.2, 0) is 16.8 Å². The molecule has 1 saturated heterocycles. The summed E-state index contributed by atoms with van der Waals surface area (Å²) in [6.07, 6.45) is 4.30. The monoisotopic (exact) mass is 391 g/mol. The van der Waals surface area contributed by atoms with Crippen LogP contribution < -0.4 is 5.56 Å². The van der Waals surface area contributed by atoms with Crippen molar-refractivity contribution in [3.63, 3.8) is 0 Å². The largest absolute Gasteiger partial charge is 0.368 e. The van der Waals surface area contributed by atoms with Crippen LogP contribution in [0.25, 0.3) is 5.69 Å². The van der Waals surface area contributed by atoms with Gasteiger partial charge in [0, 0.05) is 25.4 Å². The molecule has 148 valence electrons. The molecule has 1 amide bonds. The summed E-state index contributed by atoms with van der Waals surface area (Å²) >= 11 is 0. The maximum absolute atomic E-state index is 12.7. The molecular formula is C21H21N5O3. The molecular weight excluding hydrogens is 370 g/mol. The molecule has 0 aliphatic carbocycles. The third-order valence-corrected chi connectivity index (χ3v) is 5.75. The first-order valence-electron chi connectivity index (χ1n) is 9.78. The lowest BCUT2D eigenvalue weighted by Crippen LogP contribution is -2.48. The zero-order valence-corrected chi connectivity index (χ0v) is 15.9. The molecule has 8 heteroatoms. The van der Waals surface area contributed by atoms with E-state index in [1.165, 1.54) is 17.7 Å². The Hall–Kier alpha value is -3.26. The molecule has 3 aromatic rings. The number of benzene rings is 1. The van der Waals surface area contributed by atoms with Gasteiger partial charge in [-0.15, -0.1) is 0 Å². The van der Waals surface area contributed by atoms with E-state index in [1.807, 2.05) is 35.0 Å². The highest BCUT2D eigenvalue weighted by Crippen LogP contribution is 2.41. The first-order chi connectivity index (χ1) is 14.1. The van der Waals surface area contributed by atoms with Crippen LogP contribution >= 0.6 is 0 Å². The van der Waals surface area contributed by atoms with Gasteiger partial charge in [-0.1, -0.05) is 18.2 Å². The van der Waals surface area contributed by atoms with Crippen LogP contribution in [0.3, 0.4) is 0 Å². The van der Waals surface area contributed by atoms with Gasteiger partial charge in [0.25, 0.3) is 11.5 Å². The Morgan fingerprint density at radius 3 is 2.62 bits per heavy atom. The van der Waals surface area contributed by atoms with E-state index >= 15 is 0 Å². The van der Waals surface area contributed by atoms with E-state index < -0.39 is 5.60 Å². The van der Waals surface area contributed by atoms with Crippen LogP contribution in [0.15, 0.2) is 53.5 Å². The molecule has 29 heavy (non-hydrogen) atoms. The third-order valence-electron chi connectivity index (χ3n) is 5.75. The molecule has 2 aromatic heterocycles. The number of aromatic nitrogens is 4. The van der Waals surface area contributed by atoms with Gasteiger partial charge >= 0.3 is 0 Å². The highest BCUT2D eigenvalue weighted by Gasteiger charge is 2.44. The van der Waals surface area contributed by atoms with Gasteiger partial charge in [-0.05, 0) is 43.0 Å². The van der Waals surface area contributed by atoms with Crippen molar-refractivity contribution >= 4 is 5.91 Å². The smallest absolute Gasteiger partial charge is 0.274 e. The number of amides is 1. The number of likely N-dealkylation sites (tertiary alicyclic amines) is 1. The van der Waals surface area contributed by atoms with Gasteiger partial charge < -0.3 is 9.64 Å². The maximum Gasteiger partial charge on any atom is 0.274 e. The Bertz CT molecular complexity index is 1080. The molecule has 0 bridgehead atoms. The summed E-state index contributed by atoms with van der Waals surface area (Å²) in [6.45, 7) is 1.76. The second-order valence-corrected chi connectivity index (χ2v) is 7.47. The fraction of sp³-hybridized carbons (Fsp3) is 0.333. The number of nitrogens with one attached hydrogen (secondary N) is 1. The van der Waals surface area contributed by atoms with Crippen LogP contribution in [0.2, 0.25) is 0 Å². The number of ether oxygens (including phenoxy) is 1. The first-order valence-corrected chi connectivity index (χ1v) is 9.78. The minimum absolute atomic E-state index is 0.179. The van der Waals surface area contributed by atoms with Crippen LogP contribution in [0.1, 0.15) is 34.6 Å². The predicted octanol–water partition coefficient (Wildman–Crippen LogP) is 1.66. The molecule has 2 aliphatic heterocycles. The second-order valence-electron chi connectivity index (χ2n) is 7.47. The first kappa shape index (κ1) is 17.8. The predicted molar refractivity (Wildman–Crippen MR) is 105 cm³/mol. The number of piperidine rings is 1. The molecule has 4 heterocycles. The lowest BCUT2D eigenvalue weighted by atomic mass is 9.83. The normalized spacial score (nSPS) is 17.9. The highest BCUT2D eigenvalue weighted by atomic mass is 16.5. The molecule has 1 spiro atoms. The van der Waals surface area contributed by atoms with Gasteiger partial charge in [0.15, 0.2) is 0 Å². The highest BCUT2D eigenvalue weighted by molar-refractivity contribution is 5.92. The van der Waals surface area contributed by atoms with Crippen LogP contribution in [0.5, 0.6) is 0 Å². The van der Waals surface area contributed by atoms with Crippen molar-refractivity contribution in [1.29, 1.82) is 0 Å². The number of rotatable bonds is 2. The second kappa shape index (κ2) is 6.97. The van der Waals surface area contributed by atoms with Gasteiger partial charge in [0.1, 0.15) is 11.3 Å². The number of fused-ring (bicyclic) bond motifs is 2. The zero-order valence-electron chi connectivity index (χ0n) is 15.9. The van der Waals surface area contributed by atoms with E-state index in [0.29, 0.717) is 32.5 Å². The fourth-order valence-electron chi connectivity index (χ4n) is 4.19. The molecule has 0 saturated carbocycles. The summed E-state index contributed by atoms with van der Waals surface area (Å²) in [5, 5.41) is 11.0. The zero-order chi connectivity index (χ0) is 19.8. The molecule has 0 unspecified atom stereocenters. The number of nitrogens with zero attached hydrogens (tertiary/aromatic N) is 4. The summed E-state index contributed by atoms with van der Waals surface area (Å²) < 4.78 is 8.17. The molecule has 1 aromatic carbocycles. The van der Waals surface area contributed by atoms with E-state index in [-0.39, 0.29) is 17.2 Å². The molecule has 2 aliphatic rings. The standard InChI is InChI=1S/C21H21N5O3/c27-18-7-6-17(22-23-18)20(28)25-11-9-21(10-12-25)19-15(8-13-29-21)14-26(24-19)16-4-2-1-3-5-16/h1-7,14H,8-13H2,(H,23,27). The van der Waals surface area contributed by atoms with Gasteiger partial charge in [0.05, 0.1) is 18.0 Å². The van der Waals surface area contributed by atoms with Gasteiger partial charge in [-0.2, -0.15) is 10.2 Å². The Morgan fingerprint density at radius 1 is 1.10 bits per heavy atom. The van der Waals surface area contributed by atoms with E-state index in [0.717, 1.165) is 17.8 Å². The lowest BCUT2D eigenvalue weighted by molar-refractivity contribution is -0.0963. The minimum atomic E-state index is -0.456. The minimum Gasteiger partial charge on any atom is -0.368 e. The van der Waals surface area contributed by atoms with Crippen molar-refractivity contribution in [3.8, 4) is 5.69 Å². The summed E-state index contributed by atoms with van der Waals surface area (Å²) in [5.74, 6) is -0.179. The SMILES string of the molecule is O=C(c1ccc(=O)[nH]n1)N1CCC2(CC1)OCCc1cn(-c3ccccc3)nc12. The number of carbonyl (C=O) groups is 1. The summed E-state index contributed by atoms with van der Waals surface area (Å²) in [4.78, 5) is 25.6. The Labute approximate surface area is 167 Å². The van der Waals surface area contributed by atoms with Crippen molar-refractivity contribution in [1.82, 2.24) is 24.9 Å². The van der Waals surface area contributed by atoms with Gasteiger partial charge in [0.2, 0.25) is 0 Å². The van der Waals surface area contributed by atoms with E-state index in [9.17, 15) is 9.59 Å². The van der Waals surface area contributed by atoms with Crippen molar-refractivity contribution in [2.45, 2.75) is 24.9 Å². The molecule has 1 fully saturated rings. The lowest BCUT2D eigenvalue weighted by Gasteiger charge is -2.42. The van der Waals surface area contributed by atoms with E-state index in [2.05, 4.69) is 16.4 Å². The molecule has 0 atom stereocenters. The topological polar surface area (TPSA) is 93.1 Å².